The Labute approximate surface area is 94.9 Å². The van der Waals surface area contributed by atoms with Crippen LogP contribution >= 0.6 is 0 Å². The third kappa shape index (κ3) is 1.52. The zero-order valence-corrected chi connectivity index (χ0v) is 9.21. The molecule has 3 heteroatoms. The van der Waals surface area contributed by atoms with Gasteiger partial charge in [0.25, 0.3) is 0 Å². The topological polar surface area (TPSA) is 27.9 Å². The Morgan fingerprint density at radius 2 is 2.06 bits per heavy atom. The quantitative estimate of drug-likeness (QED) is 0.838. The molecule has 3 nitrogen and oxygen atoms in total. The van der Waals surface area contributed by atoms with Gasteiger partial charge in [-0.1, -0.05) is 6.07 Å². The van der Waals surface area contributed by atoms with Gasteiger partial charge < -0.3 is 9.51 Å². The summed E-state index contributed by atoms with van der Waals surface area (Å²) in [6, 6.07) is 8.53. The van der Waals surface area contributed by atoms with Gasteiger partial charge in [-0.15, -0.1) is 0 Å². The molecule has 0 bridgehead atoms. The van der Waals surface area contributed by atoms with Crippen molar-refractivity contribution in [1.82, 2.24) is 9.30 Å². The van der Waals surface area contributed by atoms with Gasteiger partial charge in [0.1, 0.15) is 0 Å². The first-order valence-corrected chi connectivity index (χ1v) is 5.77. The lowest BCUT2D eigenvalue weighted by atomic mass is 9.92. The lowest BCUT2D eigenvalue weighted by Gasteiger charge is -2.38. The second-order valence-electron chi connectivity index (χ2n) is 4.44. The number of hydrogen-bond donors (Lipinski definition) is 1. The molecule has 0 aromatic carbocycles. The number of rotatable bonds is 3. The standard InChI is InChI=1S/C13H16N2O/c16-8-7-14-9-11(10-14)12-4-6-15-5-2-1-3-13(12)15/h1-6,11,16H,7-10H2. The summed E-state index contributed by atoms with van der Waals surface area (Å²) in [5, 5.41) is 8.84. The number of β-amino-alcohol motifs (C(OH)–C–C–N with tert-alkyl or cyclic N) is 1. The average molecular weight is 216 g/mol. The summed E-state index contributed by atoms with van der Waals surface area (Å²) in [6.07, 6.45) is 4.21. The molecule has 3 heterocycles. The highest BCUT2D eigenvalue weighted by molar-refractivity contribution is 5.57. The SMILES string of the molecule is OCCN1CC(c2ccn3ccccc23)C1. The van der Waals surface area contributed by atoms with E-state index in [1.807, 2.05) is 0 Å². The van der Waals surface area contributed by atoms with Gasteiger partial charge in [-0.05, 0) is 23.8 Å². The van der Waals surface area contributed by atoms with Crippen LogP contribution in [0.1, 0.15) is 11.5 Å². The zero-order chi connectivity index (χ0) is 11.0. The molecule has 16 heavy (non-hydrogen) atoms. The first-order valence-electron chi connectivity index (χ1n) is 5.77. The van der Waals surface area contributed by atoms with Crippen molar-refractivity contribution in [3.8, 4) is 0 Å². The van der Waals surface area contributed by atoms with Crippen LogP contribution in [0.3, 0.4) is 0 Å². The maximum absolute atomic E-state index is 8.84. The van der Waals surface area contributed by atoms with Crippen LogP contribution in [-0.4, -0.2) is 40.6 Å². The lowest BCUT2D eigenvalue weighted by molar-refractivity contribution is 0.116. The highest BCUT2D eigenvalue weighted by Gasteiger charge is 2.28. The Bertz CT molecular complexity index is 485. The molecule has 0 unspecified atom stereocenters. The molecule has 1 fully saturated rings. The fraction of sp³-hybridized carbons (Fsp3) is 0.385. The van der Waals surface area contributed by atoms with Gasteiger partial charge in [0.15, 0.2) is 0 Å². The minimum absolute atomic E-state index is 0.267. The van der Waals surface area contributed by atoms with Crippen LogP contribution in [0, 0.1) is 0 Å². The normalized spacial score (nSPS) is 17.8. The molecule has 0 atom stereocenters. The van der Waals surface area contributed by atoms with Crippen molar-refractivity contribution in [2.24, 2.45) is 0 Å². The molecule has 0 radical (unpaired) electrons. The fourth-order valence-corrected chi connectivity index (χ4v) is 2.51. The second-order valence-corrected chi connectivity index (χ2v) is 4.44. The van der Waals surface area contributed by atoms with Gasteiger partial charge in [-0.25, -0.2) is 0 Å². The summed E-state index contributed by atoms with van der Waals surface area (Å²) in [5.41, 5.74) is 2.76. The molecule has 1 N–H and O–H groups in total. The Hall–Kier alpha value is -1.32. The number of pyridine rings is 1. The van der Waals surface area contributed by atoms with Crippen molar-refractivity contribution in [3.05, 3.63) is 42.2 Å². The van der Waals surface area contributed by atoms with Crippen molar-refractivity contribution in [2.75, 3.05) is 26.2 Å². The average Bonchev–Trinajstić information content (AvgIpc) is 2.66. The summed E-state index contributed by atoms with van der Waals surface area (Å²) in [5.74, 6) is 0.638. The van der Waals surface area contributed by atoms with E-state index in [0.717, 1.165) is 19.6 Å². The molecule has 2 aromatic heterocycles. The third-order valence-electron chi connectivity index (χ3n) is 3.41. The predicted molar refractivity (Wildman–Crippen MR) is 63.7 cm³/mol. The predicted octanol–water partition coefficient (Wildman–Crippen LogP) is 1.33. The smallest absolute Gasteiger partial charge is 0.0558 e. The van der Waals surface area contributed by atoms with Crippen LogP contribution in [0.25, 0.3) is 5.52 Å². The number of nitrogens with zero attached hydrogens (tertiary/aromatic N) is 2. The summed E-state index contributed by atoms with van der Waals surface area (Å²) in [7, 11) is 0. The fourth-order valence-electron chi connectivity index (χ4n) is 2.51. The Balaban J connectivity index is 1.81. The number of fused-ring (bicyclic) bond motifs is 1. The first kappa shape index (κ1) is 9.87. The molecule has 3 rings (SSSR count). The molecule has 0 aliphatic carbocycles. The van der Waals surface area contributed by atoms with E-state index in [-0.39, 0.29) is 6.61 Å². The van der Waals surface area contributed by atoms with Crippen LogP contribution in [0.2, 0.25) is 0 Å². The highest BCUT2D eigenvalue weighted by atomic mass is 16.3. The number of likely N-dealkylation sites (tertiary alicyclic amines) is 1. The van der Waals surface area contributed by atoms with E-state index >= 15 is 0 Å². The summed E-state index contributed by atoms with van der Waals surface area (Å²) in [4.78, 5) is 2.29. The summed E-state index contributed by atoms with van der Waals surface area (Å²) in [6.45, 7) is 3.23. The molecule has 2 aromatic rings. The largest absolute Gasteiger partial charge is 0.395 e. The molecule has 0 spiro atoms. The van der Waals surface area contributed by atoms with E-state index in [2.05, 4.69) is 46.0 Å². The van der Waals surface area contributed by atoms with Gasteiger partial charge in [-0.3, -0.25) is 4.90 Å². The summed E-state index contributed by atoms with van der Waals surface area (Å²) < 4.78 is 2.17. The minimum Gasteiger partial charge on any atom is -0.395 e. The van der Waals surface area contributed by atoms with Crippen molar-refractivity contribution >= 4 is 5.52 Å². The molecule has 0 saturated carbocycles. The number of hydrogen-bond acceptors (Lipinski definition) is 2. The van der Waals surface area contributed by atoms with Crippen molar-refractivity contribution in [1.29, 1.82) is 0 Å². The molecule has 1 saturated heterocycles. The summed E-state index contributed by atoms with van der Waals surface area (Å²) >= 11 is 0. The lowest BCUT2D eigenvalue weighted by Crippen LogP contribution is -2.46. The van der Waals surface area contributed by atoms with Crippen LogP contribution in [0.5, 0.6) is 0 Å². The molecule has 0 amide bonds. The van der Waals surface area contributed by atoms with Gasteiger partial charge in [0.2, 0.25) is 0 Å². The minimum atomic E-state index is 0.267. The molecular formula is C13H16N2O. The van der Waals surface area contributed by atoms with Crippen LogP contribution < -0.4 is 0 Å². The van der Waals surface area contributed by atoms with E-state index in [1.165, 1.54) is 11.1 Å². The van der Waals surface area contributed by atoms with Crippen LogP contribution in [0.4, 0.5) is 0 Å². The number of aliphatic hydroxyl groups excluding tert-OH is 1. The first-order chi connectivity index (χ1) is 7.88. The van der Waals surface area contributed by atoms with Crippen molar-refractivity contribution < 1.29 is 5.11 Å². The van der Waals surface area contributed by atoms with Gasteiger partial charge >= 0.3 is 0 Å². The maximum atomic E-state index is 8.84. The molecular weight excluding hydrogens is 200 g/mol. The Morgan fingerprint density at radius 3 is 2.88 bits per heavy atom. The number of aromatic nitrogens is 1. The van der Waals surface area contributed by atoms with E-state index in [9.17, 15) is 0 Å². The van der Waals surface area contributed by atoms with Gasteiger partial charge in [0, 0.05) is 43.5 Å². The second kappa shape index (κ2) is 3.92. The zero-order valence-electron chi connectivity index (χ0n) is 9.21. The van der Waals surface area contributed by atoms with E-state index in [1.54, 1.807) is 0 Å². The van der Waals surface area contributed by atoms with E-state index < -0.39 is 0 Å². The molecule has 1 aliphatic heterocycles. The monoisotopic (exact) mass is 216 g/mol. The van der Waals surface area contributed by atoms with E-state index in [4.69, 9.17) is 5.11 Å². The van der Waals surface area contributed by atoms with Gasteiger partial charge in [-0.2, -0.15) is 0 Å². The van der Waals surface area contributed by atoms with Crippen LogP contribution in [-0.2, 0) is 0 Å². The third-order valence-corrected chi connectivity index (χ3v) is 3.41. The van der Waals surface area contributed by atoms with Crippen molar-refractivity contribution in [3.63, 3.8) is 0 Å². The Morgan fingerprint density at radius 1 is 1.19 bits per heavy atom. The maximum Gasteiger partial charge on any atom is 0.0558 e. The highest BCUT2D eigenvalue weighted by Crippen LogP contribution is 2.30. The Kier molecular flexibility index (Phi) is 2.42. The molecule has 1 aliphatic rings. The molecule has 84 valence electrons. The van der Waals surface area contributed by atoms with E-state index in [0.29, 0.717) is 5.92 Å². The van der Waals surface area contributed by atoms with Crippen molar-refractivity contribution in [2.45, 2.75) is 5.92 Å². The van der Waals surface area contributed by atoms with Gasteiger partial charge in [0.05, 0.1) is 6.61 Å². The van der Waals surface area contributed by atoms with Crippen LogP contribution in [0.15, 0.2) is 36.7 Å². The number of aliphatic hydroxyl groups is 1.